The minimum Gasteiger partial charge on any atom is -0.330 e. The SMILES string of the molecule is CCn1c(-c2cccc(CCN)c2)nc2cc(Cl)ccc21. The van der Waals surface area contributed by atoms with E-state index in [-0.39, 0.29) is 0 Å². The third-order valence-electron chi connectivity index (χ3n) is 3.64. The quantitative estimate of drug-likeness (QED) is 0.794. The molecule has 2 aromatic carbocycles. The van der Waals surface area contributed by atoms with E-state index in [1.165, 1.54) is 5.56 Å². The van der Waals surface area contributed by atoms with E-state index in [0.717, 1.165) is 35.4 Å². The highest BCUT2D eigenvalue weighted by atomic mass is 35.5. The number of hydrogen-bond acceptors (Lipinski definition) is 2. The van der Waals surface area contributed by atoms with Crippen molar-refractivity contribution in [1.82, 2.24) is 9.55 Å². The van der Waals surface area contributed by atoms with E-state index in [9.17, 15) is 0 Å². The summed E-state index contributed by atoms with van der Waals surface area (Å²) in [6.45, 7) is 3.65. The summed E-state index contributed by atoms with van der Waals surface area (Å²) < 4.78 is 2.22. The molecule has 4 heteroatoms. The largest absolute Gasteiger partial charge is 0.330 e. The highest BCUT2D eigenvalue weighted by Crippen LogP contribution is 2.27. The van der Waals surface area contributed by atoms with Crippen LogP contribution in [-0.4, -0.2) is 16.1 Å². The minimum atomic E-state index is 0.656. The second-order valence-corrected chi connectivity index (χ2v) is 5.49. The summed E-state index contributed by atoms with van der Waals surface area (Å²) >= 11 is 6.07. The van der Waals surface area contributed by atoms with Crippen molar-refractivity contribution in [2.75, 3.05) is 6.54 Å². The van der Waals surface area contributed by atoms with Gasteiger partial charge in [0.25, 0.3) is 0 Å². The Bertz CT molecular complexity index is 777. The van der Waals surface area contributed by atoms with Crippen LogP contribution in [0.4, 0.5) is 0 Å². The molecule has 3 rings (SSSR count). The number of nitrogens with zero attached hydrogens (tertiary/aromatic N) is 2. The van der Waals surface area contributed by atoms with Gasteiger partial charge in [-0.2, -0.15) is 0 Å². The molecular formula is C17H18ClN3. The van der Waals surface area contributed by atoms with E-state index >= 15 is 0 Å². The molecule has 0 aliphatic carbocycles. The lowest BCUT2D eigenvalue weighted by molar-refractivity contribution is 0.796. The van der Waals surface area contributed by atoms with E-state index < -0.39 is 0 Å². The predicted molar refractivity (Wildman–Crippen MR) is 88.6 cm³/mol. The first-order valence-corrected chi connectivity index (χ1v) is 7.56. The highest BCUT2D eigenvalue weighted by molar-refractivity contribution is 6.31. The second-order valence-electron chi connectivity index (χ2n) is 5.05. The number of hydrogen-bond donors (Lipinski definition) is 1. The zero-order valence-corrected chi connectivity index (χ0v) is 12.8. The number of rotatable bonds is 4. The Balaban J connectivity index is 2.17. The summed E-state index contributed by atoms with van der Waals surface area (Å²) in [5, 5.41) is 0.715. The summed E-state index contributed by atoms with van der Waals surface area (Å²) in [6.07, 6.45) is 0.881. The normalized spacial score (nSPS) is 11.2. The Morgan fingerprint density at radius 3 is 2.81 bits per heavy atom. The number of benzene rings is 2. The fourth-order valence-corrected chi connectivity index (χ4v) is 2.84. The molecule has 108 valence electrons. The van der Waals surface area contributed by atoms with Crippen LogP contribution in [0, 0.1) is 0 Å². The van der Waals surface area contributed by atoms with Gasteiger partial charge in [0, 0.05) is 17.1 Å². The molecule has 2 N–H and O–H groups in total. The van der Waals surface area contributed by atoms with Gasteiger partial charge in [0.1, 0.15) is 5.82 Å². The van der Waals surface area contributed by atoms with Gasteiger partial charge in [-0.05, 0) is 49.7 Å². The van der Waals surface area contributed by atoms with Crippen LogP contribution < -0.4 is 5.73 Å². The lowest BCUT2D eigenvalue weighted by Gasteiger charge is -2.07. The minimum absolute atomic E-state index is 0.656. The number of aromatic nitrogens is 2. The lowest BCUT2D eigenvalue weighted by Crippen LogP contribution is -2.03. The van der Waals surface area contributed by atoms with Crippen LogP contribution >= 0.6 is 11.6 Å². The molecule has 3 aromatic rings. The van der Waals surface area contributed by atoms with E-state index in [4.69, 9.17) is 22.3 Å². The van der Waals surface area contributed by atoms with Gasteiger partial charge in [-0.1, -0.05) is 29.8 Å². The molecule has 0 spiro atoms. The highest BCUT2D eigenvalue weighted by Gasteiger charge is 2.12. The molecule has 0 aliphatic rings. The van der Waals surface area contributed by atoms with Crippen LogP contribution in [0.3, 0.4) is 0 Å². The third-order valence-corrected chi connectivity index (χ3v) is 3.88. The maximum Gasteiger partial charge on any atom is 0.141 e. The maximum atomic E-state index is 6.07. The zero-order valence-electron chi connectivity index (χ0n) is 12.0. The molecule has 0 unspecified atom stereocenters. The molecule has 3 nitrogen and oxygen atoms in total. The molecular weight excluding hydrogens is 282 g/mol. The van der Waals surface area contributed by atoms with Crippen molar-refractivity contribution in [1.29, 1.82) is 0 Å². The van der Waals surface area contributed by atoms with Gasteiger partial charge in [0.2, 0.25) is 0 Å². The monoisotopic (exact) mass is 299 g/mol. The Morgan fingerprint density at radius 2 is 2.05 bits per heavy atom. The molecule has 0 amide bonds. The van der Waals surface area contributed by atoms with Crippen molar-refractivity contribution in [2.45, 2.75) is 19.9 Å². The molecule has 1 aromatic heterocycles. The van der Waals surface area contributed by atoms with Crippen LogP contribution in [0.2, 0.25) is 5.02 Å². The standard InChI is InChI=1S/C17H18ClN3/c1-2-21-16-7-6-14(18)11-15(16)20-17(21)13-5-3-4-12(10-13)8-9-19/h3-7,10-11H,2,8-9,19H2,1H3. The Kier molecular flexibility index (Phi) is 3.95. The van der Waals surface area contributed by atoms with E-state index in [1.807, 2.05) is 18.2 Å². The number of nitrogens with two attached hydrogens (primary N) is 1. The van der Waals surface area contributed by atoms with Crippen LogP contribution in [0.5, 0.6) is 0 Å². The fraction of sp³-hybridized carbons (Fsp3) is 0.235. The van der Waals surface area contributed by atoms with Crippen molar-refractivity contribution in [3.05, 3.63) is 53.1 Å². The number of fused-ring (bicyclic) bond motifs is 1. The average molecular weight is 300 g/mol. The van der Waals surface area contributed by atoms with E-state index in [0.29, 0.717) is 11.6 Å². The maximum absolute atomic E-state index is 6.07. The Labute approximate surface area is 129 Å². The average Bonchev–Trinajstić information content (AvgIpc) is 2.85. The van der Waals surface area contributed by atoms with Crippen molar-refractivity contribution in [3.63, 3.8) is 0 Å². The molecule has 0 saturated carbocycles. The van der Waals surface area contributed by atoms with Crippen molar-refractivity contribution in [2.24, 2.45) is 5.73 Å². The van der Waals surface area contributed by atoms with Gasteiger partial charge in [0.15, 0.2) is 0 Å². The molecule has 21 heavy (non-hydrogen) atoms. The number of halogens is 1. The third kappa shape index (κ3) is 2.67. The van der Waals surface area contributed by atoms with E-state index in [2.05, 4.69) is 35.8 Å². The molecule has 1 heterocycles. The van der Waals surface area contributed by atoms with Crippen LogP contribution in [0.25, 0.3) is 22.4 Å². The fourth-order valence-electron chi connectivity index (χ4n) is 2.68. The van der Waals surface area contributed by atoms with Crippen LogP contribution in [-0.2, 0) is 13.0 Å². The molecule has 0 atom stereocenters. The zero-order chi connectivity index (χ0) is 14.8. The number of imidazole rings is 1. The lowest BCUT2D eigenvalue weighted by atomic mass is 10.1. The first-order chi connectivity index (χ1) is 10.2. The van der Waals surface area contributed by atoms with Crippen molar-refractivity contribution >= 4 is 22.6 Å². The predicted octanol–water partition coefficient (Wildman–Crippen LogP) is 3.88. The molecule has 0 bridgehead atoms. The number of aryl methyl sites for hydroxylation is 1. The van der Waals surface area contributed by atoms with Gasteiger partial charge < -0.3 is 10.3 Å². The van der Waals surface area contributed by atoms with Gasteiger partial charge >= 0.3 is 0 Å². The summed E-state index contributed by atoms with van der Waals surface area (Å²) in [4.78, 5) is 4.76. The van der Waals surface area contributed by atoms with Gasteiger partial charge in [-0.15, -0.1) is 0 Å². The van der Waals surface area contributed by atoms with Gasteiger partial charge in [0.05, 0.1) is 11.0 Å². The van der Waals surface area contributed by atoms with Crippen LogP contribution in [0.15, 0.2) is 42.5 Å². The smallest absolute Gasteiger partial charge is 0.141 e. The summed E-state index contributed by atoms with van der Waals surface area (Å²) in [5.74, 6) is 0.980. The van der Waals surface area contributed by atoms with Gasteiger partial charge in [-0.3, -0.25) is 0 Å². The Hall–Kier alpha value is -1.84. The Morgan fingerprint density at radius 1 is 1.19 bits per heavy atom. The molecule has 0 aliphatic heterocycles. The molecule has 0 fully saturated rings. The molecule has 0 saturated heterocycles. The van der Waals surface area contributed by atoms with Crippen molar-refractivity contribution in [3.8, 4) is 11.4 Å². The second kappa shape index (κ2) is 5.88. The summed E-state index contributed by atoms with van der Waals surface area (Å²) in [7, 11) is 0. The van der Waals surface area contributed by atoms with Crippen LogP contribution in [0.1, 0.15) is 12.5 Å². The molecule has 0 radical (unpaired) electrons. The van der Waals surface area contributed by atoms with Gasteiger partial charge in [-0.25, -0.2) is 4.98 Å². The summed E-state index contributed by atoms with van der Waals surface area (Å²) in [5.41, 5.74) is 10.1. The first-order valence-electron chi connectivity index (χ1n) is 7.18. The van der Waals surface area contributed by atoms with Crippen molar-refractivity contribution < 1.29 is 0 Å². The topological polar surface area (TPSA) is 43.8 Å². The first kappa shape index (κ1) is 14.1. The summed E-state index contributed by atoms with van der Waals surface area (Å²) in [6, 6.07) is 14.3. The van der Waals surface area contributed by atoms with E-state index in [1.54, 1.807) is 0 Å².